The van der Waals surface area contributed by atoms with Crippen molar-refractivity contribution in [3.8, 4) is 5.75 Å². The van der Waals surface area contributed by atoms with Gasteiger partial charge in [-0.2, -0.15) is 0 Å². The number of hydrogen-bond acceptors (Lipinski definition) is 4. The van der Waals surface area contributed by atoms with Gasteiger partial charge in [-0.25, -0.2) is 4.79 Å². The van der Waals surface area contributed by atoms with Crippen molar-refractivity contribution in [1.29, 1.82) is 0 Å². The molecule has 0 radical (unpaired) electrons. The Labute approximate surface area is 146 Å². The van der Waals surface area contributed by atoms with Gasteiger partial charge in [0, 0.05) is 0 Å². The van der Waals surface area contributed by atoms with Crippen LogP contribution in [0.2, 0.25) is 0 Å². The van der Waals surface area contributed by atoms with E-state index < -0.39 is 12.1 Å². The van der Waals surface area contributed by atoms with Crippen LogP contribution in [0.5, 0.6) is 5.75 Å². The standard InChI is InChI=1S/C7H4I2O3.CH2O3.Na/c8-5-3-1-2-4(7(10)11)6(5)12-9;2-1(3)4;/h1-3H,(H,10,11);(H2,2,3,4);/q;;+1/p-1. The average Bonchev–Trinajstić information content (AvgIpc) is 2.16. The Hall–Kier alpha value is 0.220. The normalized spacial score (nSPS) is 8.12. The summed E-state index contributed by atoms with van der Waals surface area (Å²) in [5.74, 6) is -0.564. The average molecular weight is 474 g/mol. The van der Waals surface area contributed by atoms with Crippen molar-refractivity contribution in [3.63, 3.8) is 0 Å². The van der Waals surface area contributed by atoms with Crippen LogP contribution in [0.25, 0.3) is 0 Å². The van der Waals surface area contributed by atoms with Gasteiger partial charge in [0.2, 0.25) is 6.16 Å². The molecule has 0 bridgehead atoms. The van der Waals surface area contributed by atoms with Crippen molar-refractivity contribution < 1.29 is 57.5 Å². The summed E-state index contributed by atoms with van der Waals surface area (Å²) in [6, 6.07) is 4.99. The van der Waals surface area contributed by atoms with Gasteiger partial charge in [0.25, 0.3) is 0 Å². The molecule has 6 nitrogen and oxygen atoms in total. The van der Waals surface area contributed by atoms with E-state index in [2.05, 4.69) is 0 Å². The predicted molar refractivity (Wildman–Crippen MR) is 68.8 cm³/mol. The minimum Gasteiger partial charge on any atom is -0.565 e. The first-order chi connectivity index (χ1) is 7.40. The molecule has 0 amide bonds. The van der Waals surface area contributed by atoms with Crippen molar-refractivity contribution >= 4 is 57.7 Å². The fraction of sp³-hybridized carbons (Fsp3) is 0. The van der Waals surface area contributed by atoms with Gasteiger partial charge in [0.15, 0.2) is 28.8 Å². The molecule has 0 saturated heterocycles. The van der Waals surface area contributed by atoms with E-state index in [0.29, 0.717) is 5.75 Å². The number of rotatable bonds is 2. The number of hydrogen-bond donors (Lipinski definition) is 2. The quantitative estimate of drug-likeness (QED) is 0.404. The molecule has 0 aliphatic carbocycles. The minimum atomic E-state index is -2.08. The van der Waals surface area contributed by atoms with E-state index in [0.717, 1.165) is 3.57 Å². The van der Waals surface area contributed by atoms with E-state index in [9.17, 15) is 4.79 Å². The Balaban J connectivity index is 0. The van der Waals surface area contributed by atoms with Crippen molar-refractivity contribution in [2.75, 3.05) is 0 Å². The van der Waals surface area contributed by atoms with Crippen LogP contribution in [0.3, 0.4) is 0 Å². The van der Waals surface area contributed by atoms with Crippen LogP contribution in [-0.2, 0) is 0 Å². The summed E-state index contributed by atoms with van der Waals surface area (Å²) in [5, 5.41) is 24.0. The molecule has 0 atom stereocenters. The number of benzene rings is 1. The number of carbonyl (C=O) groups is 2. The molecule has 0 heterocycles. The third kappa shape index (κ3) is 8.02. The van der Waals surface area contributed by atoms with E-state index in [1.807, 2.05) is 22.6 Å². The summed E-state index contributed by atoms with van der Waals surface area (Å²) in [6.07, 6.45) is -2.08. The van der Waals surface area contributed by atoms with Crippen molar-refractivity contribution in [3.05, 3.63) is 27.3 Å². The van der Waals surface area contributed by atoms with E-state index in [1.165, 1.54) is 6.07 Å². The Bertz CT molecular complexity index is 394. The van der Waals surface area contributed by atoms with Gasteiger partial charge in [-0.1, -0.05) is 6.07 Å². The number of carboxylic acid groups (broad SMARTS) is 3. The molecule has 0 fully saturated rings. The Kier molecular flexibility index (Phi) is 11.7. The zero-order valence-corrected chi connectivity index (χ0v) is 14.8. The smallest absolute Gasteiger partial charge is 0.565 e. The second kappa shape index (κ2) is 10.2. The van der Waals surface area contributed by atoms with E-state index >= 15 is 0 Å². The van der Waals surface area contributed by atoms with Crippen molar-refractivity contribution in [2.45, 2.75) is 0 Å². The van der Waals surface area contributed by atoms with Crippen molar-refractivity contribution in [1.82, 2.24) is 0 Å². The zero-order valence-electron chi connectivity index (χ0n) is 8.52. The van der Waals surface area contributed by atoms with Gasteiger partial charge in [-0.05, 0) is 34.7 Å². The van der Waals surface area contributed by atoms with Gasteiger partial charge in [-0.15, -0.1) is 0 Å². The summed E-state index contributed by atoms with van der Waals surface area (Å²) in [5.41, 5.74) is 0.191. The third-order valence-electron chi connectivity index (χ3n) is 1.27. The molecule has 88 valence electrons. The molecule has 0 aliphatic heterocycles. The van der Waals surface area contributed by atoms with E-state index in [4.69, 9.17) is 23.2 Å². The molecule has 1 aromatic rings. The van der Waals surface area contributed by atoms with Crippen LogP contribution >= 0.6 is 45.6 Å². The fourth-order valence-electron chi connectivity index (χ4n) is 0.756. The molecule has 0 saturated carbocycles. The molecule has 0 aromatic heterocycles. The SMILES string of the molecule is O=C(O)c1cccc(I)c1OI.O=C([O-])O.[Na+]. The number of para-hydroxylation sites is 1. The third-order valence-corrected chi connectivity index (χ3v) is 2.56. The monoisotopic (exact) mass is 474 g/mol. The van der Waals surface area contributed by atoms with Gasteiger partial charge < -0.3 is 23.2 Å². The topological polar surface area (TPSA) is 107 Å². The predicted octanol–water partition coefficient (Wildman–Crippen LogP) is -1.39. The van der Waals surface area contributed by atoms with Gasteiger partial charge in [0.05, 0.1) is 3.57 Å². The van der Waals surface area contributed by atoms with Gasteiger partial charge in [0.1, 0.15) is 5.56 Å². The maximum Gasteiger partial charge on any atom is 1.00 e. The molecule has 0 unspecified atom stereocenters. The van der Waals surface area contributed by atoms with Gasteiger partial charge >= 0.3 is 35.5 Å². The van der Waals surface area contributed by atoms with Crippen LogP contribution in [-0.4, -0.2) is 22.3 Å². The molecule has 1 aromatic carbocycles. The van der Waals surface area contributed by atoms with Crippen LogP contribution in [0.4, 0.5) is 4.79 Å². The molecule has 2 N–H and O–H groups in total. The van der Waals surface area contributed by atoms with Crippen molar-refractivity contribution in [2.24, 2.45) is 0 Å². The molecular weight excluding hydrogens is 469 g/mol. The second-order valence-electron chi connectivity index (χ2n) is 2.26. The first kappa shape index (κ1) is 19.6. The fourth-order valence-corrected chi connectivity index (χ4v) is 2.26. The number of carboxylic acids is 1. The summed E-state index contributed by atoms with van der Waals surface area (Å²) >= 11 is 3.70. The minimum absolute atomic E-state index is 0. The van der Waals surface area contributed by atoms with Crippen LogP contribution in [0.15, 0.2) is 18.2 Å². The number of halogens is 2. The van der Waals surface area contributed by atoms with Crippen LogP contribution in [0.1, 0.15) is 10.4 Å². The van der Waals surface area contributed by atoms with Crippen LogP contribution < -0.4 is 37.7 Å². The maximum absolute atomic E-state index is 10.6. The molecule has 9 heteroatoms. The van der Waals surface area contributed by atoms with Gasteiger partial charge in [-0.3, -0.25) is 0 Å². The Morgan fingerprint density at radius 3 is 2.06 bits per heavy atom. The molecule has 0 aliphatic rings. The summed E-state index contributed by atoms with van der Waals surface area (Å²) < 4.78 is 5.71. The molecular formula is C8H5I2NaO6. The Morgan fingerprint density at radius 1 is 1.29 bits per heavy atom. The molecule has 1 rings (SSSR count). The number of aromatic carboxylic acids is 1. The molecule has 17 heavy (non-hydrogen) atoms. The summed E-state index contributed by atoms with van der Waals surface area (Å²) in [4.78, 5) is 19.1. The Morgan fingerprint density at radius 2 is 1.76 bits per heavy atom. The van der Waals surface area contributed by atoms with Crippen LogP contribution in [0, 0.1) is 3.57 Å². The zero-order chi connectivity index (χ0) is 12.7. The maximum atomic E-state index is 10.6. The van der Waals surface area contributed by atoms with E-state index in [1.54, 1.807) is 35.1 Å². The second-order valence-corrected chi connectivity index (χ2v) is 3.87. The molecule has 0 spiro atoms. The summed E-state index contributed by atoms with van der Waals surface area (Å²) in [6.45, 7) is 0. The van der Waals surface area contributed by atoms with E-state index in [-0.39, 0.29) is 35.1 Å². The summed E-state index contributed by atoms with van der Waals surface area (Å²) in [7, 11) is 0. The first-order valence-electron chi connectivity index (χ1n) is 3.60. The largest absolute Gasteiger partial charge is 1.00 e. The first-order valence-corrected chi connectivity index (χ1v) is 5.56.